The predicted molar refractivity (Wildman–Crippen MR) is 88.1 cm³/mol. The molecule has 1 aromatic heterocycles. The van der Waals surface area contributed by atoms with Gasteiger partial charge in [0.1, 0.15) is 11.6 Å². The zero-order valence-corrected chi connectivity index (χ0v) is 13.6. The zero-order chi connectivity index (χ0) is 14.7. The summed E-state index contributed by atoms with van der Waals surface area (Å²) in [5.74, 6) is 0.649. The fourth-order valence-electron chi connectivity index (χ4n) is 2.05. The summed E-state index contributed by atoms with van der Waals surface area (Å²) in [4.78, 5) is 4.61. The number of alkyl halides is 1. The Morgan fingerprint density at radius 1 is 1.14 bits per heavy atom. The van der Waals surface area contributed by atoms with Gasteiger partial charge in [0.05, 0.1) is 21.8 Å². The van der Waals surface area contributed by atoms with Crippen molar-refractivity contribution < 1.29 is 9.13 Å². The van der Waals surface area contributed by atoms with E-state index >= 15 is 0 Å². The second-order valence-electron chi connectivity index (χ2n) is 4.58. The average Bonchev–Trinajstić information content (AvgIpc) is 2.89. The van der Waals surface area contributed by atoms with Crippen LogP contribution in [-0.4, -0.2) is 16.9 Å². The predicted octanol–water partition coefficient (Wildman–Crippen LogP) is 4.80. The van der Waals surface area contributed by atoms with Crippen LogP contribution in [0.3, 0.4) is 0 Å². The van der Waals surface area contributed by atoms with E-state index in [1.54, 1.807) is 23.5 Å². The van der Waals surface area contributed by atoms with Crippen molar-refractivity contribution in [3.8, 4) is 5.75 Å². The second kappa shape index (κ2) is 6.54. The molecule has 0 unspecified atom stereocenters. The number of halogens is 2. The normalized spacial score (nSPS) is 11.0. The molecule has 0 saturated carbocycles. The summed E-state index contributed by atoms with van der Waals surface area (Å²) in [6.45, 7) is 0.646. The molecule has 3 aromatic rings. The van der Waals surface area contributed by atoms with Gasteiger partial charge in [0.25, 0.3) is 0 Å². The molecule has 2 aromatic carbocycles. The molecule has 0 atom stereocenters. The Bertz CT molecular complexity index is 742. The molecule has 1 heterocycles. The van der Waals surface area contributed by atoms with Gasteiger partial charge < -0.3 is 4.74 Å². The van der Waals surface area contributed by atoms with Crippen molar-refractivity contribution >= 4 is 37.5 Å². The molecule has 0 aliphatic heterocycles. The number of benzene rings is 2. The molecule has 3 rings (SSSR count). The van der Waals surface area contributed by atoms with Crippen molar-refractivity contribution in [2.75, 3.05) is 11.9 Å². The van der Waals surface area contributed by atoms with Crippen LogP contribution in [0.5, 0.6) is 5.75 Å². The number of fused-ring (bicyclic) bond motifs is 1. The Balaban J connectivity index is 1.81. The third kappa shape index (κ3) is 3.60. The molecule has 0 N–H and O–H groups in total. The number of rotatable bonds is 5. The Hall–Kier alpha value is -1.46. The maximum absolute atomic E-state index is 12.9. The van der Waals surface area contributed by atoms with Crippen LogP contribution in [-0.2, 0) is 6.42 Å². The van der Waals surface area contributed by atoms with Gasteiger partial charge >= 0.3 is 0 Å². The lowest BCUT2D eigenvalue weighted by atomic mass is 10.1. The number of aromatic nitrogens is 1. The van der Waals surface area contributed by atoms with Gasteiger partial charge in [-0.1, -0.05) is 28.1 Å². The second-order valence-corrected chi connectivity index (χ2v) is 6.49. The molecule has 0 aliphatic rings. The van der Waals surface area contributed by atoms with Crippen molar-refractivity contribution in [1.29, 1.82) is 0 Å². The van der Waals surface area contributed by atoms with E-state index in [0.717, 1.165) is 38.3 Å². The highest BCUT2D eigenvalue weighted by Gasteiger charge is 2.06. The highest BCUT2D eigenvalue weighted by atomic mass is 79.9. The number of ether oxygens (including phenoxy) is 1. The summed E-state index contributed by atoms with van der Waals surface area (Å²) in [7, 11) is 0. The van der Waals surface area contributed by atoms with Crippen molar-refractivity contribution in [3.63, 3.8) is 0 Å². The lowest BCUT2D eigenvalue weighted by Gasteiger charge is -2.02. The van der Waals surface area contributed by atoms with Gasteiger partial charge in [0.2, 0.25) is 0 Å². The van der Waals surface area contributed by atoms with Gasteiger partial charge in [-0.25, -0.2) is 9.37 Å². The lowest BCUT2D eigenvalue weighted by molar-refractivity contribution is 0.345. The van der Waals surface area contributed by atoms with Crippen molar-refractivity contribution in [3.05, 3.63) is 58.9 Å². The molecule has 2 nitrogen and oxygen atoms in total. The summed E-state index contributed by atoms with van der Waals surface area (Å²) in [5, 5.41) is 1.83. The lowest BCUT2D eigenvalue weighted by Crippen LogP contribution is -1.96. The van der Waals surface area contributed by atoms with Gasteiger partial charge in [-0.05, 0) is 35.9 Å². The summed E-state index contributed by atoms with van der Waals surface area (Å²) in [6.07, 6.45) is 0.719. The highest BCUT2D eigenvalue weighted by molar-refractivity contribution is 9.09. The maximum atomic E-state index is 12.9. The summed E-state index contributed by atoms with van der Waals surface area (Å²) < 4.78 is 19.6. The minimum absolute atomic E-state index is 0.211. The molecule has 0 fully saturated rings. The van der Waals surface area contributed by atoms with Crippen LogP contribution in [0.25, 0.3) is 10.2 Å². The molecular weight excluding hydrogens is 353 g/mol. The van der Waals surface area contributed by atoms with E-state index in [-0.39, 0.29) is 5.82 Å². The van der Waals surface area contributed by atoms with Crippen LogP contribution in [0.4, 0.5) is 4.39 Å². The molecule has 0 bridgehead atoms. The summed E-state index contributed by atoms with van der Waals surface area (Å²) >= 11 is 4.99. The molecule has 21 heavy (non-hydrogen) atoms. The zero-order valence-electron chi connectivity index (χ0n) is 11.2. The minimum atomic E-state index is -0.211. The molecule has 0 radical (unpaired) electrons. The van der Waals surface area contributed by atoms with Crippen LogP contribution >= 0.6 is 27.3 Å². The van der Waals surface area contributed by atoms with Crippen LogP contribution in [0.1, 0.15) is 10.6 Å². The summed E-state index contributed by atoms with van der Waals surface area (Å²) in [5.41, 5.74) is 2.04. The van der Waals surface area contributed by atoms with E-state index in [4.69, 9.17) is 4.74 Å². The Kier molecular flexibility index (Phi) is 4.51. The first-order valence-electron chi connectivity index (χ1n) is 6.57. The third-order valence-electron chi connectivity index (χ3n) is 3.02. The molecule has 0 saturated heterocycles. The largest absolute Gasteiger partial charge is 0.493 e. The quantitative estimate of drug-likeness (QED) is 0.605. The third-order valence-corrected chi connectivity index (χ3v) is 4.36. The SMILES string of the molecule is Fc1ccc(Cc2nc3ccc(OCCBr)cc3s2)cc1. The van der Waals surface area contributed by atoms with Gasteiger partial charge in [-0.15, -0.1) is 11.3 Å². The molecule has 0 spiro atoms. The van der Waals surface area contributed by atoms with Crippen LogP contribution in [0.15, 0.2) is 42.5 Å². The fourth-order valence-corrected chi connectivity index (χ4v) is 3.24. The molecule has 0 aliphatic carbocycles. The van der Waals surface area contributed by atoms with Crippen LogP contribution in [0.2, 0.25) is 0 Å². The van der Waals surface area contributed by atoms with Crippen LogP contribution in [0, 0.1) is 5.82 Å². The van der Waals surface area contributed by atoms with Crippen molar-refractivity contribution in [2.24, 2.45) is 0 Å². The first-order valence-corrected chi connectivity index (χ1v) is 8.51. The number of thiazole rings is 1. The first-order chi connectivity index (χ1) is 10.2. The minimum Gasteiger partial charge on any atom is -0.493 e. The molecule has 0 amide bonds. The van der Waals surface area contributed by atoms with E-state index < -0.39 is 0 Å². The number of nitrogens with zero attached hydrogens (tertiary/aromatic N) is 1. The van der Waals surface area contributed by atoms with E-state index in [2.05, 4.69) is 20.9 Å². The van der Waals surface area contributed by atoms with E-state index in [0.29, 0.717) is 6.61 Å². The van der Waals surface area contributed by atoms with E-state index in [9.17, 15) is 4.39 Å². The van der Waals surface area contributed by atoms with Gasteiger partial charge in [0.15, 0.2) is 0 Å². The molecule has 5 heteroatoms. The fraction of sp³-hybridized carbons (Fsp3) is 0.188. The number of hydrogen-bond acceptors (Lipinski definition) is 3. The smallest absolute Gasteiger partial charge is 0.123 e. The van der Waals surface area contributed by atoms with Gasteiger partial charge in [-0.3, -0.25) is 0 Å². The van der Waals surface area contributed by atoms with Gasteiger partial charge in [-0.2, -0.15) is 0 Å². The maximum Gasteiger partial charge on any atom is 0.123 e. The number of hydrogen-bond donors (Lipinski definition) is 0. The molecular formula is C16H13BrFNOS. The standard InChI is InChI=1S/C16H13BrFNOS/c17-7-8-20-13-5-6-14-15(10-13)21-16(19-14)9-11-1-3-12(18)4-2-11/h1-6,10H,7-9H2. The topological polar surface area (TPSA) is 22.1 Å². The van der Waals surface area contributed by atoms with Crippen molar-refractivity contribution in [2.45, 2.75) is 6.42 Å². The summed E-state index contributed by atoms with van der Waals surface area (Å²) in [6, 6.07) is 12.5. The average molecular weight is 366 g/mol. The van der Waals surface area contributed by atoms with E-state index in [1.165, 1.54) is 12.1 Å². The highest BCUT2D eigenvalue weighted by Crippen LogP contribution is 2.27. The van der Waals surface area contributed by atoms with Gasteiger partial charge in [0, 0.05) is 11.8 Å². The first kappa shape index (κ1) is 14.5. The Morgan fingerprint density at radius 3 is 2.71 bits per heavy atom. The van der Waals surface area contributed by atoms with Crippen LogP contribution < -0.4 is 4.74 Å². The molecule has 108 valence electrons. The van der Waals surface area contributed by atoms with Crippen molar-refractivity contribution in [1.82, 2.24) is 4.98 Å². The Labute approximate surface area is 134 Å². The Morgan fingerprint density at radius 2 is 1.95 bits per heavy atom. The monoisotopic (exact) mass is 365 g/mol. The van der Waals surface area contributed by atoms with E-state index in [1.807, 2.05) is 18.2 Å².